The zero-order chi connectivity index (χ0) is 13.2. The Bertz CT molecular complexity index is 277. The monoisotopic (exact) mass is 242 g/mol. The number of hydrogen-bond donors (Lipinski definition) is 2. The van der Waals surface area contributed by atoms with E-state index in [2.05, 4.69) is 24.1 Å². The van der Waals surface area contributed by atoms with Gasteiger partial charge in [0.05, 0.1) is 11.6 Å². The SMILES string of the molecule is CC(=O)C(C)(C)NCC1CN(C(C)C)CC1O. The number of nitrogens with zero attached hydrogens (tertiary/aromatic N) is 1. The van der Waals surface area contributed by atoms with Gasteiger partial charge in [0, 0.05) is 31.6 Å². The molecule has 2 N–H and O–H groups in total. The number of ketones is 1. The predicted molar refractivity (Wildman–Crippen MR) is 69.0 cm³/mol. The standard InChI is InChI=1S/C13H26N2O2/c1-9(2)15-7-11(12(17)8-15)6-14-13(4,5)10(3)16/h9,11-12,14,17H,6-8H2,1-5H3. The van der Waals surface area contributed by atoms with Crippen molar-refractivity contribution in [2.24, 2.45) is 5.92 Å². The normalized spacial score (nSPS) is 26.8. The fraction of sp³-hybridized carbons (Fsp3) is 0.923. The fourth-order valence-corrected chi connectivity index (χ4v) is 2.02. The summed E-state index contributed by atoms with van der Waals surface area (Å²) in [5.41, 5.74) is -0.495. The van der Waals surface area contributed by atoms with E-state index in [-0.39, 0.29) is 17.8 Å². The van der Waals surface area contributed by atoms with E-state index >= 15 is 0 Å². The van der Waals surface area contributed by atoms with E-state index in [1.165, 1.54) is 0 Å². The average Bonchev–Trinajstić information content (AvgIpc) is 2.57. The number of likely N-dealkylation sites (tertiary alicyclic amines) is 1. The van der Waals surface area contributed by atoms with Crippen LogP contribution in [0.2, 0.25) is 0 Å². The largest absolute Gasteiger partial charge is 0.391 e. The Morgan fingerprint density at radius 3 is 2.47 bits per heavy atom. The third-order valence-electron chi connectivity index (χ3n) is 3.85. The van der Waals surface area contributed by atoms with Gasteiger partial charge in [0.25, 0.3) is 0 Å². The molecule has 100 valence electrons. The van der Waals surface area contributed by atoms with Crippen LogP contribution in [-0.2, 0) is 4.79 Å². The quantitative estimate of drug-likeness (QED) is 0.743. The lowest BCUT2D eigenvalue weighted by Crippen LogP contribution is -2.48. The smallest absolute Gasteiger partial charge is 0.149 e. The van der Waals surface area contributed by atoms with Gasteiger partial charge in [-0.1, -0.05) is 0 Å². The second-order valence-corrected chi connectivity index (χ2v) is 5.94. The first-order valence-corrected chi connectivity index (χ1v) is 6.42. The van der Waals surface area contributed by atoms with E-state index in [9.17, 15) is 9.90 Å². The average molecular weight is 242 g/mol. The summed E-state index contributed by atoms with van der Waals surface area (Å²) in [7, 11) is 0. The lowest BCUT2D eigenvalue weighted by molar-refractivity contribution is -0.122. The van der Waals surface area contributed by atoms with E-state index in [4.69, 9.17) is 0 Å². The number of carbonyl (C=O) groups is 1. The first kappa shape index (κ1) is 14.6. The molecule has 1 saturated heterocycles. The van der Waals surface area contributed by atoms with Crippen molar-refractivity contribution in [2.75, 3.05) is 19.6 Å². The van der Waals surface area contributed by atoms with Crippen molar-refractivity contribution < 1.29 is 9.90 Å². The molecule has 0 spiro atoms. The van der Waals surface area contributed by atoms with Crippen molar-refractivity contribution in [1.82, 2.24) is 10.2 Å². The van der Waals surface area contributed by atoms with Gasteiger partial charge < -0.3 is 10.4 Å². The maximum absolute atomic E-state index is 11.4. The molecule has 1 aliphatic rings. The Morgan fingerprint density at radius 2 is 2.06 bits per heavy atom. The minimum Gasteiger partial charge on any atom is -0.391 e. The van der Waals surface area contributed by atoms with Gasteiger partial charge in [-0.25, -0.2) is 0 Å². The van der Waals surface area contributed by atoms with Crippen molar-refractivity contribution in [3.63, 3.8) is 0 Å². The number of hydrogen-bond acceptors (Lipinski definition) is 4. The highest BCUT2D eigenvalue weighted by atomic mass is 16.3. The molecule has 17 heavy (non-hydrogen) atoms. The number of aliphatic hydroxyl groups excluding tert-OH is 1. The molecule has 1 aliphatic heterocycles. The van der Waals surface area contributed by atoms with Crippen LogP contribution in [0.5, 0.6) is 0 Å². The molecule has 0 aliphatic carbocycles. The van der Waals surface area contributed by atoms with Crippen LogP contribution in [0.15, 0.2) is 0 Å². The van der Waals surface area contributed by atoms with Crippen molar-refractivity contribution in [3.8, 4) is 0 Å². The van der Waals surface area contributed by atoms with Crippen LogP contribution in [0.3, 0.4) is 0 Å². The first-order chi connectivity index (χ1) is 7.74. The zero-order valence-corrected chi connectivity index (χ0v) is 11.7. The van der Waals surface area contributed by atoms with Crippen LogP contribution >= 0.6 is 0 Å². The van der Waals surface area contributed by atoms with Crippen molar-refractivity contribution in [1.29, 1.82) is 0 Å². The molecule has 0 bridgehead atoms. The highest BCUT2D eigenvalue weighted by Gasteiger charge is 2.34. The van der Waals surface area contributed by atoms with Crippen molar-refractivity contribution in [3.05, 3.63) is 0 Å². The Morgan fingerprint density at radius 1 is 1.47 bits per heavy atom. The molecule has 4 heteroatoms. The summed E-state index contributed by atoms with van der Waals surface area (Å²) < 4.78 is 0. The summed E-state index contributed by atoms with van der Waals surface area (Å²) in [5.74, 6) is 0.349. The molecule has 1 heterocycles. The van der Waals surface area contributed by atoms with Gasteiger partial charge in [-0.15, -0.1) is 0 Å². The van der Waals surface area contributed by atoms with Crippen LogP contribution < -0.4 is 5.32 Å². The molecule has 0 radical (unpaired) electrons. The summed E-state index contributed by atoms with van der Waals surface area (Å²) >= 11 is 0. The summed E-state index contributed by atoms with van der Waals surface area (Å²) in [6.07, 6.45) is -0.285. The van der Waals surface area contributed by atoms with Gasteiger partial charge in [-0.2, -0.15) is 0 Å². The minimum absolute atomic E-state index is 0.130. The zero-order valence-electron chi connectivity index (χ0n) is 11.7. The topological polar surface area (TPSA) is 52.6 Å². The third-order valence-corrected chi connectivity index (χ3v) is 3.85. The van der Waals surface area contributed by atoms with Gasteiger partial charge >= 0.3 is 0 Å². The van der Waals surface area contributed by atoms with Crippen LogP contribution in [0.1, 0.15) is 34.6 Å². The number of aliphatic hydroxyl groups is 1. The Hall–Kier alpha value is -0.450. The van der Waals surface area contributed by atoms with Gasteiger partial charge in [-0.3, -0.25) is 9.69 Å². The Kier molecular flexibility index (Phi) is 4.69. The molecule has 2 unspecified atom stereocenters. The molecule has 0 aromatic carbocycles. The number of rotatable bonds is 5. The molecule has 1 fully saturated rings. The van der Waals surface area contributed by atoms with Crippen LogP contribution in [0.4, 0.5) is 0 Å². The van der Waals surface area contributed by atoms with E-state index in [0.717, 1.165) is 13.1 Å². The molecule has 0 saturated carbocycles. The summed E-state index contributed by atoms with van der Waals surface area (Å²) in [6, 6.07) is 0.468. The lowest BCUT2D eigenvalue weighted by Gasteiger charge is -2.26. The lowest BCUT2D eigenvalue weighted by atomic mass is 9.98. The van der Waals surface area contributed by atoms with E-state index in [1.54, 1.807) is 6.92 Å². The number of nitrogens with one attached hydrogen (secondary N) is 1. The summed E-state index contributed by atoms with van der Waals surface area (Å²) in [5, 5.41) is 13.2. The number of carbonyl (C=O) groups excluding carboxylic acids is 1. The maximum Gasteiger partial charge on any atom is 0.149 e. The molecule has 0 aromatic heterocycles. The predicted octanol–water partition coefficient (Wildman–Crippen LogP) is 0.645. The van der Waals surface area contributed by atoms with Gasteiger partial charge in [0.15, 0.2) is 0 Å². The van der Waals surface area contributed by atoms with Gasteiger partial charge in [0.1, 0.15) is 5.78 Å². The van der Waals surface area contributed by atoms with Crippen LogP contribution in [0.25, 0.3) is 0 Å². The molecule has 0 amide bonds. The van der Waals surface area contributed by atoms with Crippen LogP contribution in [-0.4, -0.2) is 53.1 Å². The first-order valence-electron chi connectivity index (χ1n) is 6.42. The van der Waals surface area contributed by atoms with Gasteiger partial charge in [0.2, 0.25) is 0 Å². The van der Waals surface area contributed by atoms with Gasteiger partial charge in [-0.05, 0) is 34.6 Å². The minimum atomic E-state index is -0.495. The number of Topliss-reactive ketones (excluding diaryl/α,β-unsaturated/α-hetero) is 1. The molecule has 1 rings (SSSR count). The fourth-order valence-electron chi connectivity index (χ4n) is 2.02. The molecule has 0 aromatic rings. The Balaban J connectivity index is 2.46. The Labute approximate surface area is 104 Å². The second-order valence-electron chi connectivity index (χ2n) is 5.94. The van der Waals surface area contributed by atoms with Crippen LogP contribution in [0, 0.1) is 5.92 Å². The highest BCUT2D eigenvalue weighted by Crippen LogP contribution is 2.19. The molecule has 2 atom stereocenters. The van der Waals surface area contributed by atoms with Crippen molar-refractivity contribution >= 4 is 5.78 Å². The molecular weight excluding hydrogens is 216 g/mol. The van der Waals surface area contributed by atoms with E-state index in [1.807, 2.05) is 13.8 Å². The summed E-state index contributed by atoms with van der Waals surface area (Å²) in [4.78, 5) is 13.7. The summed E-state index contributed by atoms with van der Waals surface area (Å²) in [6.45, 7) is 12.0. The van der Waals surface area contributed by atoms with E-state index in [0.29, 0.717) is 12.6 Å². The maximum atomic E-state index is 11.4. The molecule has 4 nitrogen and oxygen atoms in total. The highest BCUT2D eigenvalue weighted by molar-refractivity contribution is 5.85. The second kappa shape index (κ2) is 5.46. The van der Waals surface area contributed by atoms with E-state index < -0.39 is 5.54 Å². The van der Waals surface area contributed by atoms with Crippen molar-refractivity contribution in [2.45, 2.75) is 52.3 Å². The third kappa shape index (κ3) is 3.76. The molecular formula is C13H26N2O2. The number of β-amino-alcohol motifs (C(OH)–C–C–N with tert-alkyl or cyclic N) is 1.